The Morgan fingerprint density at radius 2 is 2.19 bits per heavy atom. The average molecular weight is 258 g/mol. The number of pyridine rings is 1. The fraction of sp³-hybridized carbons (Fsp3) is 0.455. The third-order valence-electron chi connectivity index (χ3n) is 2.15. The van der Waals surface area contributed by atoms with E-state index in [1.807, 2.05) is 18.7 Å². The molecule has 0 amide bonds. The Bertz CT molecular complexity index is 399. The van der Waals surface area contributed by atoms with Gasteiger partial charge in [0.2, 0.25) is 0 Å². The second kappa shape index (κ2) is 5.93. The van der Waals surface area contributed by atoms with Crippen molar-refractivity contribution in [3.8, 4) is 6.07 Å². The standard InChI is InChI=1S/C11H13Cl2N3/c1-8(2)16(5-3-4-14)11-10(13)6-9(12)7-15-11/h6-8H,3,5H2,1-2H3. The average Bonchev–Trinajstić information content (AvgIpc) is 2.20. The topological polar surface area (TPSA) is 39.9 Å². The van der Waals surface area contributed by atoms with Crippen molar-refractivity contribution in [3.63, 3.8) is 0 Å². The van der Waals surface area contributed by atoms with Crippen LogP contribution in [-0.4, -0.2) is 17.6 Å². The maximum absolute atomic E-state index is 8.61. The number of aromatic nitrogens is 1. The maximum Gasteiger partial charge on any atom is 0.147 e. The van der Waals surface area contributed by atoms with Gasteiger partial charge in [0.05, 0.1) is 22.5 Å². The highest BCUT2D eigenvalue weighted by Crippen LogP contribution is 2.27. The van der Waals surface area contributed by atoms with E-state index in [9.17, 15) is 0 Å². The lowest BCUT2D eigenvalue weighted by molar-refractivity contribution is 0.677. The fourth-order valence-electron chi connectivity index (χ4n) is 1.40. The van der Waals surface area contributed by atoms with Crippen LogP contribution in [0.2, 0.25) is 10.0 Å². The van der Waals surface area contributed by atoms with Crippen molar-refractivity contribution in [1.29, 1.82) is 5.26 Å². The molecule has 1 aromatic rings. The van der Waals surface area contributed by atoms with Gasteiger partial charge in [-0.15, -0.1) is 0 Å². The molecule has 0 aliphatic carbocycles. The lowest BCUT2D eigenvalue weighted by Gasteiger charge is -2.27. The highest BCUT2D eigenvalue weighted by Gasteiger charge is 2.15. The molecule has 86 valence electrons. The molecular formula is C11H13Cl2N3. The van der Waals surface area contributed by atoms with Gasteiger partial charge < -0.3 is 4.90 Å². The molecule has 0 aliphatic heterocycles. The number of halogens is 2. The van der Waals surface area contributed by atoms with E-state index >= 15 is 0 Å². The number of rotatable bonds is 4. The predicted octanol–water partition coefficient (Wildman–Crippen LogP) is 3.52. The summed E-state index contributed by atoms with van der Waals surface area (Å²) in [6.45, 7) is 4.68. The highest BCUT2D eigenvalue weighted by atomic mass is 35.5. The summed E-state index contributed by atoms with van der Waals surface area (Å²) < 4.78 is 0. The van der Waals surface area contributed by atoms with Crippen LogP contribution in [0.15, 0.2) is 12.3 Å². The summed E-state index contributed by atoms with van der Waals surface area (Å²) in [6, 6.07) is 4.01. The Morgan fingerprint density at radius 1 is 1.50 bits per heavy atom. The molecule has 0 aromatic carbocycles. The van der Waals surface area contributed by atoms with Crippen LogP contribution >= 0.6 is 23.2 Å². The maximum atomic E-state index is 8.61. The molecule has 0 saturated heterocycles. The van der Waals surface area contributed by atoms with E-state index in [0.717, 1.165) is 0 Å². The highest BCUT2D eigenvalue weighted by molar-refractivity contribution is 6.36. The molecule has 0 unspecified atom stereocenters. The first kappa shape index (κ1) is 13.1. The van der Waals surface area contributed by atoms with Crippen LogP contribution < -0.4 is 4.90 Å². The third-order valence-corrected chi connectivity index (χ3v) is 2.63. The summed E-state index contributed by atoms with van der Waals surface area (Å²) in [5, 5.41) is 9.63. The van der Waals surface area contributed by atoms with Gasteiger partial charge >= 0.3 is 0 Å². The van der Waals surface area contributed by atoms with Crippen molar-refractivity contribution in [2.45, 2.75) is 26.3 Å². The molecule has 0 aliphatic rings. The Hall–Kier alpha value is -0.980. The Kier molecular flexibility index (Phi) is 4.85. The molecule has 0 N–H and O–H groups in total. The zero-order valence-electron chi connectivity index (χ0n) is 9.24. The van der Waals surface area contributed by atoms with Crippen molar-refractivity contribution >= 4 is 29.0 Å². The molecule has 1 aromatic heterocycles. The molecule has 0 fully saturated rings. The smallest absolute Gasteiger partial charge is 0.147 e. The molecule has 0 radical (unpaired) electrons. The van der Waals surface area contributed by atoms with Gasteiger partial charge in [0.25, 0.3) is 0 Å². The lowest BCUT2D eigenvalue weighted by Crippen LogP contribution is -2.32. The molecule has 0 atom stereocenters. The normalized spacial score (nSPS) is 10.2. The van der Waals surface area contributed by atoms with Gasteiger partial charge in [-0.1, -0.05) is 23.2 Å². The zero-order chi connectivity index (χ0) is 12.1. The van der Waals surface area contributed by atoms with E-state index in [-0.39, 0.29) is 6.04 Å². The Labute approximate surface area is 106 Å². The summed E-state index contributed by atoms with van der Waals surface area (Å²) in [5.41, 5.74) is 0. The van der Waals surface area contributed by atoms with E-state index in [1.165, 1.54) is 0 Å². The van der Waals surface area contributed by atoms with Gasteiger partial charge in [-0.2, -0.15) is 5.26 Å². The van der Waals surface area contributed by atoms with Crippen LogP contribution in [0, 0.1) is 11.3 Å². The van der Waals surface area contributed by atoms with Crippen molar-refractivity contribution in [3.05, 3.63) is 22.3 Å². The summed E-state index contributed by atoms with van der Waals surface area (Å²) >= 11 is 11.9. The first-order valence-corrected chi connectivity index (χ1v) is 5.76. The van der Waals surface area contributed by atoms with Crippen LogP contribution in [-0.2, 0) is 0 Å². The quantitative estimate of drug-likeness (QED) is 0.829. The van der Waals surface area contributed by atoms with Gasteiger partial charge in [-0.3, -0.25) is 0 Å². The van der Waals surface area contributed by atoms with Crippen molar-refractivity contribution in [2.24, 2.45) is 0 Å². The molecule has 1 rings (SSSR count). The first-order valence-electron chi connectivity index (χ1n) is 5.01. The fourth-order valence-corrected chi connectivity index (χ4v) is 1.89. The van der Waals surface area contributed by atoms with E-state index in [4.69, 9.17) is 28.5 Å². The summed E-state index contributed by atoms with van der Waals surface area (Å²) in [7, 11) is 0. The molecule has 1 heterocycles. The first-order chi connectivity index (χ1) is 7.56. The number of hydrogen-bond donors (Lipinski definition) is 0. The van der Waals surface area contributed by atoms with Crippen LogP contribution in [0.1, 0.15) is 20.3 Å². The molecule has 5 heteroatoms. The van der Waals surface area contributed by atoms with Crippen LogP contribution in [0.25, 0.3) is 0 Å². The summed E-state index contributed by atoms with van der Waals surface area (Å²) in [4.78, 5) is 6.19. The lowest BCUT2D eigenvalue weighted by atomic mass is 10.2. The van der Waals surface area contributed by atoms with Gasteiger partial charge in [0, 0.05) is 18.8 Å². The minimum Gasteiger partial charge on any atom is -0.352 e. The van der Waals surface area contributed by atoms with Crippen molar-refractivity contribution < 1.29 is 0 Å². The Balaban J connectivity index is 2.97. The number of nitriles is 1. The Morgan fingerprint density at radius 3 is 2.69 bits per heavy atom. The van der Waals surface area contributed by atoms with E-state index in [0.29, 0.717) is 28.8 Å². The van der Waals surface area contributed by atoms with Gasteiger partial charge in [0.15, 0.2) is 0 Å². The van der Waals surface area contributed by atoms with E-state index < -0.39 is 0 Å². The largest absolute Gasteiger partial charge is 0.352 e. The molecular weight excluding hydrogens is 245 g/mol. The van der Waals surface area contributed by atoms with Gasteiger partial charge in [-0.05, 0) is 19.9 Å². The van der Waals surface area contributed by atoms with Crippen LogP contribution in [0.4, 0.5) is 5.82 Å². The van der Waals surface area contributed by atoms with Crippen molar-refractivity contribution in [2.75, 3.05) is 11.4 Å². The minimum absolute atomic E-state index is 0.236. The molecule has 16 heavy (non-hydrogen) atoms. The number of anilines is 1. The predicted molar refractivity (Wildman–Crippen MR) is 67.0 cm³/mol. The zero-order valence-corrected chi connectivity index (χ0v) is 10.8. The summed E-state index contributed by atoms with van der Waals surface area (Å²) in [6.07, 6.45) is 2.00. The summed E-state index contributed by atoms with van der Waals surface area (Å²) in [5.74, 6) is 0.677. The second-order valence-electron chi connectivity index (χ2n) is 3.65. The van der Waals surface area contributed by atoms with Gasteiger partial charge in [-0.25, -0.2) is 4.98 Å². The number of nitrogens with zero attached hydrogens (tertiary/aromatic N) is 3. The third kappa shape index (κ3) is 3.26. The van der Waals surface area contributed by atoms with Crippen LogP contribution in [0.3, 0.4) is 0 Å². The molecule has 0 saturated carbocycles. The van der Waals surface area contributed by atoms with E-state index in [2.05, 4.69) is 11.1 Å². The minimum atomic E-state index is 0.236. The van der Waals surface area contributed by atoms with Crippen molar-refractivity contribution in [1.82, 2.24) is 4.98 Å². The van der Waals surface area contributed by atoms with Gasteiger partial charge in [0.1, 0.15) is 5.82 Å². The molecule has 0 bridgehead atoms. The monoisotopic (exact) mass is 257 g/mol. The van der Waals surface area contributed by atoms with Crippen LogP contribution in [0.5, 0.6) is 0 Å². The second-order valence-corrected chi connectivity index (χ2v) is 4.50. The molecule has 0 spiro atoms. The number of hydrogen-bond acceptors (Lipinski definition) is 3. The SMILES string of the molecule is CC(C)N(CCC#N)c1ncc(Cl)cc1Cl. The molecule has 3 nitrogen and oxygen atoms in total. The van der Waals surface area contributed by atoms with E-state index in [1.54, 1.807) is 12.3 Å².